The highest BCUT2D eigenvalue weighted by Gasteiger charge is 2.51. The molecule has 164 valence electrons. The molecule has 0 aliphatic heterocycles. The van der Waals surface area contributed by atoms with Gasteiger partial charge in [0, 0.05) is 5.54 Å². The third kappa shape index (κ3) is 4.34. The molecule has 1 aromatic carbocycles. The highest BCUT2D eigenvalue weighted by Crippen LogP contribution is 2.55. The maximum absolute atomic E-state index is 12.8. The molecule has 4 fully saturated rings. The number of hydrogen-bond acceptors (Lipinski definition) is 5. The van der Waals surface area contributed by atoms with Crippen molar-refractivity contribution in [2.24, 2.45) is 17.8 Å². The van der Waals surface area contributed by atoms with Gasteiger partial charge in [-0.1, -0.05) is 18.2 Å². The van der Waals surface area contributed by atoms with Gasteiger partial charge in [-0.05, 0) is 87.5 Å². The minimum atomic E-state index is -0.866. The van der Waals surface area contributed by atoms with Gasteiger partial charge in [-0.15, -0.1) is 0 Å². The lowest BCUT2D eigenvalue weighted by Crippen LogP contribution is -2.61. The number of carbonyl (C=O) groups excluding carboxylic acids is 2. The predicted molar refractivity (Wildman–Crippen MR) is 113 cm³/mol. The second-order valence-corrected chi connectivity index (χ2v) is 9.60. The number of carbonyl (C=O) groups is 2. The maximum Gasteiger partial charge on any atom is 0.375 e. The first-order valence-electron chi connectivity index (χ1n) is 11.3. The number of rotatable bonds is 7. The fraction of sp³-hybridized carbons (Fsp3) is 0.520. The number of nitrogens with one attached hydrogen (secondary N) is 1. The van der Waals surface area contributed by atoms with Crippen molar-refractivity contribution >= 4 is 11.9 Å². The third-order valence-electron chi connectivity index (χ3n) is 7.07. The van der Waals surface area contributed by atoms with Crippen molar-refractivity contribution < 1.29 is 23.5 Å². The van der Waals surface area contributed by atoms with Crippen molar-refractivity contribution in [3.8, 4) is 5.75 Å². The van der Waals surface area contributed by atoms with E-state index in [2.05, 4.69) is 5.32 Å². The first kappa shape index (κ1) is 20.2. The molecule has 6 nitrogen and oxygen atoms in total. The molecule has 6 heteroatoms. The van der Waals surface area contributed by atoms with Gasteiger partial charge in [0.15, 0.2) is 6.10 Å². The molecule has 1 N–H and O–H groups in total. The number of benzene rings is 1. The fourth-order valence-corrected chi connectivity index (χ4v) is 6.14. The minimum absolute atomic E-state index is 0.0705. The molecule has 0 unspecified atom stereocenters. The number of para-hydroxylation sites is 1. The van der Waals surface area contributed by atoms with Gasteiger partial charge in [0.2, 0.25) is 5.76 Å². The molecule has 1 atom stereocenters. The summed E-state index contributed by atoms with van der Waals surface area (Å²) < 4.78 is 16.6. The number of esters is 1. The van der Waals surface area contributed by atoms with Crippen LogP contribution in [0.3, 0.4) is 0 Å². The first-order valence-corrected chi connectivity index (χ1v) is 11.3. The van der Waals surface area contributed by atoms with Gasteiger partial charge in [-0.3, -0.25) is 4.79 Å². The summed E-state index contributed by atoms with van der Waals surface area (Å²) in [5.74, 6) is 2.67. The van der Waals surface area contributed by atoms with Crippen LogP contribution >= 0.6 is 0 Å². The molecule has 4 bridgehead atoms. The van der Waals surface area contributed by atoms with E-state index in [9.17, 15) is 9.59 Å². The molecule has 4 aliphatic carbocycles. The summed E-state index contributed by atoms with van der Waals surface area (Å²) in [4.78, 5) is 25.3. The highest BCUT2D eigenvalue weighted by atomic mass is 16.6. The Bertz CT molecular complexity index is 915. The number of furan rings is 1. The van der Waals surface area contributed by atoms with Crippen LogP contribution < -0.4 is 10.1 Å². The molecule has 6 rings (SSSR count). The van der Waals surface area contributed by atoms with E-state index in [0.717, 1.165) is 42.8 Å². The molecule has 1 heterocycles. The SMILES string of the molecule is C[C@@H](OC(=O)c1ccc(COc2ccccc2)o1)C(=O)NC12CC3CC(CC(C3)C1)C2. The summed E-state index contributed by atoms with van der Waals surface area (Å²) in [6, 6.07) is 12.6. The predicted octanol–water partition coefficient (Wildman–Crippen LogP) is 4.49. The number of ether oxygens (including phenoxy) is 2. The van der Waals surface area contributed by atoms with E-state index in [1.54, 1.807) is 19.1 Å². The fourth-order valence-electron chi connectivity index (χ4n) is 6.14. The average molecular weight is 424 g/mol. The Balaban J connectivity index is 1.14. The van der Waals surface area contributed by atoms with Gasteiger partial charge < -0.3 is 19.2 Å². The van der Waals surface area contributed by atoms with E-state index in [4.69, 9.17) is 13.9 Å². The Morgan fingerprint density at radius 2 is 1.68 bits per heavy atom. The summed E-state index contributed by atoms with van der Waals surface area (Å²) in [5.41, 5.74) is -0.0981. The van der Waals surface area contributed by atoms with Crippen LogP contribution in [0.2, 0.25) is 0 Å². The minimum Gasteiger partial charge on any atom is -0.486 e. The van der Waals surface area contributed by atoms with E-state index in [-0.39, 0.29) is 23.8 Å². The van der Waals surface area contributed by atoms with Crippen LogP contribution in [0.1, 0.15) is 61.8 Å². The van der Waals surface area contributed by atoms with Crippen molar-refractivity contribution in [3.05, 3.63) is 54.0 Å². The Kier molecular flexibility index (Phi) is 5.24. The van der Waals surface area contributed by atoms with Crippen molar-refractivity contribution in [1.82, 2.24) is 5.32 Å². The lowest BCUT2D eigenvalue weighted by Gasteiger charge is -2.57. The van der Waals surface area contributed by atoms with Crippen LogP contribution in [0.25, 0.3) is 0 Å². The normalized spacial score (nSPS) is 29.4. The highest BCUT2D eigenvalue weighted by molar-refractivity contribution is 5.90. The van der Waals surface area contributed by atoms with Crippen LogP contribution in [0.5, 0.6) is 5.75 Å². The van der Waals surface area contributed by atoms with E-state index in [0.29, 0.717) is 5.76 Å². The molecule has 0 spiro atoms. The van der Waals surface area contributed by atoms with Gasteiger partial charge >= 0.3 is 5.97 Å². The summed E-state index contributed by atoms with van der Waals surface area (Å²) in [5, 5.41) is 3.26. The average Bonchev–Trinajstić information content (AvgIpc) is 3.21. The van der Waals surface area contributed by atoms with Crippen molar-refractivity contribution in [2.75, 3.05) is 0 Å². The standard InChI is InChI=1S/C25H29NO5/c1-16(23(27)26-25-12-17-9-18(13-25)11-19(10-17)14-25)30-24(28)22-8-7-21(31-22)15-29-20-5-3-2-4-6-20/h2-8,16-19H,9-15H2,1H3,(H,26,27)/t16-,17?,18?,19?,25?/m1/s1. The summed E-state index contributed by atoms with van der Waals surface area (Å²) in [6.07, 6.45) is 6.27. The zero-order valence-electron chi connectivity index (χ0n) is 17.8. The lowest BCUT2D eigenvalue weighted by molar-refractivity contribution is -0.135. The molecule has 0 radical (unpaired) electrons. The molecule has 4 aliphatic rings. The Labute approximate surface area is 182 Å². The molecular weight excluding hydrogens is 394 g/mol. The van der Waals surface area contributed by atoms with Crippen molar-refractivity contribution in [3.63, 3.8) is 0 Å². The van der Waals surface area contributed by atoms with E-state index in [1.807, 2.05) is 30.3 Å². The maximum atomic E-state index is 12.8. The quantitative estimate of drug-likeness (QED) is 0.664. The largest absolute Gasteiger partial charge is 0.486 e. The second-order valence-electron chi connectivity index (χ2n) is 9.60. The molecule has 1 aromatic heterocycles. The molecular formula is C25H29NO5. The number of amides is 1. The van der Waals surface area contributed by atoms with Crippen molar-refractivity contribution in [1.29, 1.82) is 0 Å². The molecule has 2 aromatic rings. The van der Waals surface area contributed by atoms with Crippen molar-refractivity contribution in [2.45, 2.75) is 63.7 Å². The van der Waals surface area contributed by atoms with E-state index in [1.165, 1.54) is 19.3 Å². The Morgan fingerprint density at radius 1 is 1.03 bits per heavy atom. The first-order chi connectivity index (χ1) is 15.0. The van der Waals surface area contributed by atoms with E-state index >= 15 is 0 Å². The number of hydrogen-bond donors (Lipinski definition) is 1. The Hall–Kier alpha value is -2.76. The van der Waals surface area contributed by atoms with Gasteiger partial charge in [-0.2, -0.15) is 0 Å². The van der Waals surface area contributed by atoms with Crippen LogP contribution in [-0.2, 0) is 16.1 Å². The lowest BCUT2D eigenvalue weighted by atomic mass is 9.53. The summed E-state index contributed by atoms with van der Waals surface area (Å²) in [7, 11) is 0. The zero-order valence-corrected chi connectivity index (χ0v) is 17.8. The topological polar surface area (TPSA) is 77.8 Å². The Morgan fingerprint density at radius 3 is 2.32 bits per heavy atom. The molecule has 1 amide bonds. The van der Waals surface area contributed by atoms with Crippen LogP contribution in [0.4, 0.5) is 0 Å². The van der Waals surface area contributed by atoms with Crippen LogP contribution in [0.15, 0.2) is 46.9 Å². The molecule has 4 saturated carbocycles. The van der Waals surface area contributed by atoms with Crippen LogP contribution in [-0.4, -0.2) is 23.5 Å². The molecule has 0 saturated heterocycles. The zero-order chi connectivity index (χ0) is 21.4. The van der Waals surface area contributed by atoms with Gasteiger partial charge in [-0.25, -0.2) is 4.79 Å². The second kappa shape index (κ2) is 8.06. The summed E-state index contributed by atoms with van der Waals surface area (Å²) in [6.45, 7) is 1.83. The van der Waals surface area contributed by atoms with Gasteiger partial charge in [0.05, 0.1) is 0 Å². The van der Waals surface area contributed by atoms with Gasteiger partial charge in [0.25, 0.3) is 5.91 Å². The van der Waals surface area contributed by atoms with E-state index < -0.39 is 12.1 Å². The smallest absolute Gasteiger partial charge is 0.375 e. The summed E-state index contributed by atoms with van der Waals surface area (Å²) >= 11 is 0. The monoisotopic (exact) mass is 423 g/mol. The molecule has 31 heavy (non-hydrogen) atoms. The van der Waals surface area contributed by atoms with Gasteiger partial charge in [0.1, 0.15) is 18.1 Å². The third-order valence-corrected chi connectivity index (χ3v) is 7.07. The van der Waals surface area contributed by atoms with Crippen LogP contribution in [0, 0.1) is 17.8 Å².